The predicted octanol–water partition coefficient (Wildman–Crippen LogP) is -1.42. The molecule has 96 valence electrons. The highest BCUT2D eigenvalue weighted by Crippen LogP contribution is 2.43. The summed E-state index contributed by atoms with van der Waals surface area (Å²) >= 11 is 0. The molecule has 0 aromatic heterocycles. The van der Waals surface area contributed by atoms with Gasteiger partial charge in [0.05, 0.1) is 6.61 Å². The Morgan fingerprint density at radius 2 is 2.06 bits per heavy atom. The quantitative estimate of drug-likeness (QED) is 0.517. The van der Waals surface area contributed by atoms with Crippen LogP contribution in [-0.4, -0.2) is 57.9 Å². The van der Waals surface area contributed by atoms with Crippen LogP contribution in [0.3, 0.4) is 0 Å². The summed E-state index contributed by atoms with van der Waals surface area (Å²) in [6.07, 6.45) is 1.13. The molecule has 2 aliphatic rings. The molecule has 0 aromatic rings. The van der Waals surface area contributed by atoms with Crippen LogP contribution >= 0.6 is 0 Å². The number of hydrogen-bond acceptors (Lipinski definition) is 6. The van der Waals surface area contributed by atoms with E-state index in [1.54, 1.807) is 13.8 Å². The van der Waals surface area contributed by atoms with Crippen LogP contribution in [-0.2, 0) is 14.2 Å². The van der Waals surface area contributed by atoms with E-state index in [4.69, 9.17) is 25.7 Å². The fraction of sp³-hybridized carbons (Fsp3) is 0.818. The Kier molecular flexibility index (Phi) is 2.94. The standard InChI is InChI=1S/C11H16O6/c1-4-11(14)7(6(13)5-12)15-9-8(11)16-10(2,3)17-9/h1,6-9,12-14H,5H2,2-3H3/t6-,7-,8+,9-,11-/m1/s1. The van der Waals surface area contributed by atoms with Crippen LogP contribution in [0.2, 0.25) is 0 Å². The van der Waals surface area contributed by atoms with Crippen molar-refractivity contribution in [3.8, 4) is 12.3 Å². The van der Waals surface area contributed by atoms with Crippen molar-refractivity contribution in [2.45, 2.75) is 49.8 Å². The van der Waals surface area contributed by atoms with Gasteiger partial charge in [0.15, 0.2) is 23.8 Å². The van der Waals surface area contributed by atoms with Gasteiger partial charge in [-0.25, -0.2) is 0 Å². The third-order valence-electron chi connectivity index (χ3n) is 2.97. The summed E-state index contributed by atoms with van der Waals surface area (Å²) in [5, 5.41) is 28.8. The second-order valence-corrected chi connectivity index (χ2v) is 4.70. The van der Waals surface area contributed by atoms with Gasteiger partial charge in [-0.05, 0) is 13.8 Å². The van der Waals surface area contributed by atoms with E-state index in [0.29, 0.717) is 0 Å². The Balaban J connectivity index is 2.26. The molecule has 2 rings (SSSR count). The molecule has 3 N–H and O–H groups in total. The monoisotopic (exact) mass is 244 g/mol. The normalized spacial score (nSPS) is 45.3. The summed E-state index contributed by atoms with van der Waals surface area (Å²) < 4.78 is 16.2. The summed E-state index contributed by atoms with van der Waals surface area (Å²) in [6.45, 7) is 2.77. The third-order valence-corrected chi connectivity index (χ3v) is 2.97. The van der Waals surface area contributed by atoms with Crippen molar-refractivity contribution in [1.29, 1.82) is 0 Å². The van der Waals surface area contributed by atoms with Crippen molar-refractivity contribution in [1.82, 2.24) is 0 Å². The Morgan fingerprint density at radius 1 is 1.41 bits per heavy atom. The predicted molar refractivity (Wildman–Crippen MR) is 55.6 cm³/mol. The molecular formula is C11H16O6. The van der Waals surface area contributed by atoms with Crippen LogP contribution in [0, 0.1) is 12.3 Å². The molecular weight excluding hydrogens is 228 g/mol. The number of ether oxygens (including phenoxy) is 3. The summed E-state index contributed by atoms with van der Waals surface area (Å²) in [4.78, 5) is 0. The zero-order valence-electron chi connectivity index (χ0n) is 9.66. The Bertz CT molecular complexity index is 348. The second kappa shape index (κ2) is 3.92. The lowest BCUT2D eigenvalue weighted by atomic mass is 9.90. The molecule has 0 saturated carbocycles. The molecule has 17 heavy (non-hydrogen) atoms. The minimum atomic E-state index is -1.82. The Morgan fingerprint density at radius 3 is 2.59 bits per heavy atom. The maximum Gasteiger partial charge on any atom is 0.191 e. The zero-order valence-corrected chi connectivity index (χ0v) is 9.66. The number of terminal acetylenes is 1. The minimum absolute atomic E-state index is 0.572. The molecule has 0 bridgehead atoms. The SMILES string of the molecule is C#C[C@@]1(O)[C@@H]([C@H](O)CO)O[C@@H]2OC(C)(C)O[C@@H]21. The van der Waals surface area contributed by atoms with Crippen LogP contribution in [0.25, 0.3) is 0 Å². The van der Waals surface area contributed by atoms with Crippen molar-refractivity contribution >= 4 is 0 Å². The van der Waals surface area contributed by atoms with Gasteiger partial charge in [-0.15, -0.1) is 6.42 Å². The van der Waals surface area contributed by atoms with E-state index < -0.39 is 42.6 Å². The first-order valence-electron chi connectivity index (χ1n) is 5.34. The average Bonchev–Trinajstić information content (AvgIpc) is 2.71. The molecule has 2 heterocycles. The molecule has 0 aromatic carbocycles. The summed E-state index contributed by atoms with van der Waals surface area (Å²) in [5.41, 5.74) is -1.82. The van der Waals surface area contributed by atoms with Crippen LogP contribution in [0.4, 0.5) is 0 Å². The van der Waals surface area contributed by atoms with Gasteiger partial charge in [0.2, 0.25) is 0 Å². The number of hydrogen-bond donors (Lipinski definition) is 3. The van der Waals surface area contributed by atoms with Gasteiger partial charge >= 0.3 is 0 Å². The fourth-order valence-electron chi connectivity index (χ4n) is 2.18. The van der Waals surface area contributed by atoms with E-state index in [-0.39, 0.29) is 0 Å². The smallest absolute Gasteiger partial charge is 0.191 e. The average molecular weight is 244 g/mol. The van der Waals surface area contributed by atoms with Crippen molar-refractivity contribution in [3.05, 3.63) is 0 Å². The molecule has 2 fully saturated rings. The number of aliphatic hydroxyl groups is 3. The van der Waals surface area contributed by atoms with Gasteiger partial charge in [-0.3, -0.25) is 0 Å². The van der Waals surface area contributed by atoms with E-state index in [2.05, 4.69) is 5.92 Å². The highest BCUT2D eigenvalue weighted by atomic mass is 16.8. The molecule has 0 spiro atoms. The Hall–Kier alpha value is -0.680. The molecule has 0 radical (unpaired) electrons. The third kappa shape index (κ3) is 1.85. The van der Waals surface area contributed by atoms with Crippen LogP contribution in [0.5, 0.6) is 0 Å². The van der Waals surface area contributed by atoms with Gasteiger partial charge in [0.1, 0.15) is 12.2 Å². The largest absolute Gasteiger partial charge is 0.394 e. The van der Waals surface area contributed by atoms with Gasteiger partial charge in [-0.2, -0.15) is 0 Å². The van der Waals surface area contributed by atoms with Crippen LogP contribution in [0.15, 0.2) is 0 Å². The van der Waals surface area contributed by atoms with Gasteiger partial charge in [0, 0.05) is 0 Å². The second-order valence-electron chi connectivity index (χ2n) is 4.70. The molecule has 6 heteroatoms. The highest BCUT2D eigenvalue weighted by molar-refractivity contribution is 5.22. The molecule has 2 saturated heterocycles. The first-order chi connectivity index (χ1) is 7.84. The van der Waals surface area contributed by atoms with E-state index >= 15 is 0 Å². The summed E-state index contributed by atoms with van der Waals surface area (Å²) in [5.74, 6) is 1.26. The van der Waals surface area contributed by atoms with E-state index in [1.807, 2.05) is 0 Å². The number of aliphatic hydroxyl groups excluding tert-OH is 2. The first-order valence-corrected chi connectivity index (χ1v) is 5.34. The fourth-order valence-corrected chi connectivity index (χ4v) is 2.18. The van der Waals surface area contributed by atoms with Crippen molar-refractivity contribution in [2.24, 2.45) is 0 Å². The molecule has 6 nitrogen and oxygen atoms in total. The lowest BCUT2D eigenvalue weighted by Crippen LogP contribution is -2.53. The summed E-state index contributed by atoms with van der Waals surface area (Å²) in [6, 6.07) is 0. The van der Waals surface area contributed by atoms with Crippen molar-refractivity contribution in [2.75, 3.05) is 6.61 Å². The van der Waals surface area contributed by atoms with E-state index in [9.17, 15) is 10.2 Å². The van der Waals surface area contributed by atoms with Gasteiger partial charge < -0.3 is 29.5 Å². The molecule has 0 amide bonds. The molecule has 0 aliphatic carbocycles. The molecule has 0 unspecified atom stereocenters. The maximum absolute atomic E-state index is 10.3. The van der Waals surface area contributed by atoms with Gasteiger partial charge in [-0.1, -0.05) is 5.92 Å². The minimum Gasteiger partial charge on any atom is -0.394 e. The first kappa shape index (κ1) is 12.8. The van der Waals surface area contributed by atoms with Gasteiger partial charge in [0.25, 0.3) is 0 Å². The topological polar surface area (TPSA) is 88.4 Å². The Labute approximate surface area is 99.1 Å². The number of rotatable bonds is 2. The number of fused-ring (bicyclic) bond motifs is 1. The zero-order chi connectivity index (χ0) is 12.8. The maximum atomic E-state index is 10.3. The lowest BCUT2D eigenvalue weighted by molar-refractivity contribution is -0.235. The highest BCUT2D eigenvalue weighted by Gasteiger charge is 2.64. The van der Waals surface area contributed by atoms with Crippen molar-refractivity contribution in [3.63, 3.8) is 0 Å². The van der Waals surface area contributed by atoms with Crippen molar-refractivity contribution < 1.29 is 29.5 Å². The van der Waals surface area contributed by atoms with E-state index in [0.717, 1.165) is 0 Å². The van der Waals surface area contributed by atoms with Crippen LogP contribution in [0.1, 0.15) is 13.8 Å². The lowest BCUT2D eigenvalue weighted by Gasteiger charge is -2.31. The van der Waals surface area contributed by atoms with E-state index in [1.165, 1.54) is 0 Å². The van der Waals surface area contributed by atoms with Crippen LogP contribution < -0.4 is 0 Å². The molecule has 5 atom stereocenters. The summed E-state index contributed by atoms with van der Waals surface area (Å²) in [7, 11) is 0. The molecule has 2 aliphatic heterocycles.